The molecular weight excluding hydrogens is 264 g/mol. The fraction of sp³-hybridized carbons (Fsp3) is 0.182. The highest BCUT2D eigenvalue weighted by Crippen LogP contribution is 2.29. The summed E-state index contributed by atoms with van der Waals surface area (Å²) in [5, 5.41) is 0. The predicted molar refractivity (Wildman–Crippen MR) is 94.0 cm³/mol. The van der Waals surface area contributed by atoms with E-state index in [2.05, 4.69) is 72.8 Å². The molecule has 22 heavy (non-hydrogen) atoms. The Morgan fingerprint density at radius 1 is 0.455 bits per heavy atom. The van der Waals surface area contributed by atoms with Crippen molar-refractivity contribution in [1.82, 2.24) is 0 Å². The molecule has 0 atom stereocenters. The van der Waals surface area contributed by atoms with E-state index in [0.717, 1.165) is 0 Å². The van der Waals surface area contributed by atoms with E-state index in [1.165, 1.54) is 47.9 Å². The van der Waals surface area contributed by atoms with E-state index in [-0.39, 0.29) is 0 Å². The lowest BCUT2D eigenvalue weighted by atomic mass is 9.89. The molecule has 0 aromatic heterocycles. The first kappa shape index (κ1) is 13.3. The molecule has 3 aromatic rings. The van der Waals surface area contributed by atoms with Gasteiger partial charge in [0.25, 0.3) is 0 Å². The van der Waals surface area contributed by atoms with Gasteiger partial charge in [0.05, 0.1) is 0 Å². The van der Waals surface area contributed by atoms with E-state index in [1.807, 2.05) is 0 Å². The second-order valence-corrected chi connectivity index (χ2v) is 6.13. The molecule has 0 bridgehead atoms. The van der Waals surface area contributed by atoms with Gasteiger partial charge in [-0.1, -0.05) is 72.8 Å². The average molecular weight is 284 g/mol. The molecule has 4 rings (SSSR count). The molecular formula is C22H20. The van der Waals surface area contributed by atoms with Crippen molar-refractivity contribution in [2.24, 2.45) is 0 Å². The summed E-state index contributed by atoms with van der Waals surface area (Å²) >= 11 is 0. The van der Waals surface area contributed by atoms with Crippen LogP contribution in [0.2, 0.25) is 0 Å². The van der Waals surface area contributed by atoms with E-state index in [4.69, 9.17) is 0 Å². The summed E-state index contributed by atoms with van der Waals surface area (Å²) in [6.45, 7) is 0. The minimum atomic E-state index is 1.24. The third-order valence-electron chi connectivity index (χ3n) is 4.67. The van der Waals surface area contributed by atoms with Gasteiger partial charge in [-0.3, -0.25) is 0 Å². The molecule has 3 aromatic carbocycles. The molecule has 0 spiro atoms. The maximum absolute atomic E-state index is 2.39. The lowest BCUT2D eigenvalue weighted by Gasteiger charge is -2.16. The Bertz CT molecular complexity index is 767. The molecule has 0 unspecified atom stereocenters. The van der Waals surface area contributed by atoms with Crippen LogP contribution in [-0.2, 0) is 12.8 Å². The largest absolute Gasteiger partial charge is 0.0622 e. The fourth-order valence-corrected chi connectivity index (χ4v) is 3.40. The minimum Gasteiger partial charge on any atom is -0.0622 e. The monoisotopic (exact) mass is 284 g/mol. The van der Waals surface area contributed by atoms with Crippen LogP contribution >= 0.6 is 0 Å². The first-order valence-corrected chi connectivity index (χ1v) is 8.18. The van der Waals surface area contributed by atoms with Crippen molar-refractivity contribution in [3.63, 3.8) is 0 Å². The molecule has 0 saturated carbocycles. The van der Waals surface area contributed by atoms with Gasteiger partial charge in [-0.2, -0.15) is 0 Å². The number of fused-ring (bicyclic) bond motifs is 1. The van der Waals surface area contributed by atoms with Crippen LogP contribution in [0.25, 0.3) is 22.3 Å². The summed E-state index contributed by atoms with van der Waals surface area (Å²) in [5.74, 6) is 0. The summed E-state index contributed by atoms with van der Waals surface area (Å²) in [6, 6.07) is 26.5. The average Bonchev–Trinajstić information content (AvgIpc) is 2.62. The SMILES string of the molecule is c1ccc(-c2ccc(-c3ccc4c(c3)CCCC4)cc2)cc1. The van der Waals surface area contributed by atoms with Crippen molar-refractivity contribution in [1.29, 1.82) is 0 Å². The number of benzene rings is 3. The Hall–Kier alpha value is -2.34. The van der Waals surface area contributed by atoms with Crippen molar-refractivity contribution >= 4 is 0 Å². The fourth-order valence-electron chi connectivity index (χ4n) is 3.40. The topological polar surface area (TPSA) is 0 Å². The summed E-state index contributed by atoms with van der Waals surface area (Å²) in [7, 11) is 0. The van der Waals surface area contributed by atoms with Gasteiger partial charge in [0.2, 0.25) is 0 Å². The zero-order valence-electron chi connectivity index (χ0n) is 12.8. The van der Waals surface area contributed by atoms with Gasteiger partial charge in [0.1, 0.15) is 0 Å². The Balaban J connectivity index is 1.66. The van der Waals surface area contributed by atoms with Crippen LogP contribution in [0, 0.1) is 0 Å². The van der Waals surface area contributed by atoms with Crippen molar-refractivity contribution in [2.45, 2.75) is 25.7 Å². The van der Waals surface area contributed by atoms with Crippen molar-refractivity contribution in [3.8, 4) is 22.3 Å². The molecule has 0 radical (unpaired) electrons. The number of hydrogen-bond donors (Lipinski definition) is 0. The van der Waals surface area contributed by atoms with Crippen LogP contribution in [-0.4, -0.2) is 0 Å². The second-order valence-electron chi connectivity index (χ2n) is 6.13. The van der Waals surface area contributed by atoms with E-state index in [1.54, 1.807) is 11.1 Å². The predicted octanol–water partition coefficient (Wildman–Crippen LogP) is 5.90. The lowest BCUT2D eigenvalue weighted by Crippen LogP contribution is -2.02. The van der Waals surface area contributed by atoms with Crippen molar-refractivity contribution < 1.29 is 0 Å². The Kier molecular flexibility index (Phi) is 3.52. The smallest absolute Gasteiger partial charge is 0.0181 e. The first-order chi connectivity index (χ1) is 10.9. The number of aryl methyl sites for hydroxylation is 2. The zero-order chi connectivity index (χ0) is 14.8. The normalized spacial score (nSPS) is 13.6. The Morgan fingerprint density at radius 3 is 1.73 bits per heavy atom. The summed E-state index contributed by atoms with van der Waals surface area (Å²) in [5.41, 5.74) is 8.32. The van der Waals surface area contributed by atoms with Crippen LogP contribution in [0.1, 0.15) is 24.0 Å². The highest BCUT2D eigenvalue weighted by Gasteiger charge is 2.10. The maximum Gasteiger partial charge on any atom is -0.0181 e. The molecule has 0 heteroatoms. The summed E-state index contributed by atoms with van der Waals surface area (Å²) in [4.78, 5) is 0. The van der Waals surface area contributed by atoms with Gasteiger partial charge < -0.3 is 0 Å². The molecule has 1 aliphatic carbocycles. The maximum atomic E-state index is 2.39. The standard InChI is InChI=1S/C22H20/c1-2-6-17(7-3-1)19-10-12-20(13-11-19)22-15-14-18-8-4-5-9-21(18)16-22/h1-3,6-7,10-16H,4-5,8-9H2. The van der Waals surface area contributed by atoms with Crippen LogP contribution in [0.5, 0.6) is 0 Å². The van der Waals surface area contributed by atoms with Gasteiger partial charge in [-0.15, -0.1) is 0 Å². The molecule has 0 saturated heterocycles. The van der Waals surface area contributed by atoms with Crippen molar-refractivity contribution in [2.75, 3.05) is 0 Å². The molecule has 0 nitrogen and oxygen atoms in total. The number of rotatable bonds is 2. The van der Waals surface area contributed by atoms with Crippen LogP contribution < -0.4 is 0 Å². The van der Waals surface area contributed by atoms with Gasteiger partial charge >= 0.3 is 0 Å². The third-order valence-corrected chi connectivity index (χ3v) is 4.67. The van der Waals surface area contributed by atoms with E-state index >= 15 is 0 Å². The molecule has 1 aliphatic rings. The molecule has 0 heterocycles. The van der Waals surface area contributed by atoms with Gasteiger partial charge in [-0.25, -0.2) is 0 Å². The lowest BCUT2D eigenvalue weighted by molar-refractivity contribution is 0.686. The number of hydrogen-bond acceptors (Lipinski definition) is 0. The van der Waals surface area contributed by atoms with E-state index in [9.17, 15) is 0 Å². The second kappa shape index (κ2) is 5.81. The van der Waals surface area contributed by atoms with E-state index in [0.29, 0.717) is 0 Å². The molecule has 108 valence electrons. The Morgan fingerprint density at radius 2 is 1.00 bits per heavy atom. The van der Waals surface area contributed by atoms with Gasteiger partial charge in [-0.05, 0) is 59.1 Å². The first-order valence-electron chi connectivity index (χ1n) is 8.18. The Labute approximate surface area is 132 Å². The third kappa shape index (κ3) is 2.57. The highest BCUT2D eigenvalue weighted by atomic mass is 14.1. The minimum absolute atomic E-state index is 1.24. The highest BCUT2D eigenvalue weighted by molar-refractivity contribution is 5.71. The van der Waals surface area contributed by atoms with Crippen LogP contribution in [0.4, 0.5) is 0 Å². The zero-order valence-corrected chi connectivity index (χ0v) is 12.8. The molecule has 0 fully saturated rings. The molecule has 0 amide bonds. The van der Waals surface area contributed by atoms with Gasteiger partial charge in [0, 0.05) is 0 Å². The van der Waals surface area contributed by atoms with E-state index < -0.39 is 0 Å². The molecule has 0 aliphatic heterocycles. The van der Waals surface area contributed by atoms with Gasteiger partial charge in [0.15, 0.2) is 0 Å². The van der Waals surface area contributed by atoms with Crippen LogP contribution in [0.3, 0.4) is 0 Å². The quantitative estimate of drug-likeness (QED) is 0.549. The van der Waals surface area contributed by atoms with Crippen molar-refractivity contribution in [3.05, 3.63) is 83.9 Å². The van der Waals surface area contributed by atoms with Crippen LogP contribution in [0.15, 0.2) is 72.8 Å². The molecule has 0 N–H and O–H groups in total. The summed E-state index contributed by atoms with van der Waals surface area (Å²) in [6.07, 6.45) is 5.18. The summed E-state index contributed by atoms with van der Waals surface area (Å²) < 4.78 is 0.